The summed E-state index contributed by atoms with van der Waals surface area (Å²) in [6, 6.07) is 16.9. The van der Waals surface area contributed by atoms with Gasteiger partial charge in [-0.1, -0.05) is 43.2 Å². The first-order valence-electron chi connectivity index (χ1n) is 14.3. The lowest BCUT2D eigenvalue weighted by Gasteiger charge is -2.26. The van der Waals surface area contributed by atoms with Gasteiger partial charge < -0.3 is 18.9 Å². The van der Waals surface area contributed by atoms with E-state index in [4.69, 9.17) is 0 Å². The van der Waals surface area contributed by atoms with Crippen LogP contribution in [-0.4, -0.2) is 58.2 Å². The smallest absolute Gasteiger partial charge is 0.213 e. The van der Waals surface area contributed by atoms with Crippen molar-refractivity contribution in [3.8, 4) is 0 Å². The van der Waals surface area contributed by atoms with Gasteiger partial charge in [0.25, 0.3) is 0 Å². The van der Waals surface area contributed by atoms with Gasteiger partial charge in [0.15, 0.2) is 0 Å². The highest BCUT2D eigenvalue weighted by Crippen LogP contribution is 2.31. The summed E-state index contributed by atoms with van der Waals surface area (Å²) in [6.07, 6.45) is 10.2. The monoisotopic (exact) mass is 484 g/mol. The van der Waals surface area contributed by atoms with Gasteiger partial charge in [-0.15, -0.1) is 0 Å². The van der Waals surface area contributed by atoms with Crippen LogP contribution in [0.15, 0.2) is 53.3 Å². The van der Waals surface area contributed by atoms with Crippen LogP contribution in [0, 0.1) is 0 Å². The lowest BCUT2D eigenvalue weighted by atomic mass is 10.1. The molecule has 0 aliphatic carbocycles. The lowest BCUT2D eigenvalue weighted by Crippen LogP contribution is -2.31. The molecule has 36 heavy (non-hydrogen) atoms. The first kappa shape index (κ1) is 23.7. The molecule has 0 radical (unpaired) electrons. The maximum Gasteiger partial charge on any atom is 0.213 e. The van der Waals surface area contributed by atoms with Crippen LogP contribution >= 0.6 is 0 Å². The van der Waals surface area contributed by atoms with E-state index in [-0.39, 0.29) is 5.43 Å². The zero-order valence-electron chi connectivity index (χ0n) is 21.6. The third-order valence-corrected chi connectivity index (χ3v) is 8.48. The third kappa shape index (κ3) is 4.59. The van der Waals surface area contributed by atoms with Crippen LogP contribution in [0.4, 0.5) is 0 Å². The predicted octanol–water partition coefficient (Wildman–Crippen LogP) is 5.86. The highest BCUT2D eigenvalue weighted by Gasteiger charge is 2.20. The fourth-order valence-corrected chi connectivity index (χ4v) is 6.67. The number of rotatable bonds is 8. The number of para-hydroxylation sites is 2. The van der Waals surface area contributed by atoms with E-state index in [9.17, 15) is 4.79 Å². The number of nitrogens with zero attached hydrogens (tertiary/aromatic N) is 4. The van der Waals surface area contributed by atoms with Crippen molar-refractivity contribution in [2.45, 2.75) is 64.5 Å². The van der Waals surface area contributed by atoms with Crippen molar-refractivity contribution in [1.82, 2.24) is 18.9 Å². The molecule has 6 rings (SSSR count). The molecule has 4 aromatic rings. The Kier molecular flexibility index (Phi) is 7.11. The minimum atomic E-state index is 0.182. The zero-order valence-corrected chi connectivity index (χ0v) is 21.6. The summed E-state index contributed by atoms with van der Waals surface area (Å²) in [5.74, 6) is 0. The summed E-state index contributed by atoms with van der Waals surface area (Å²) >= 11 is 0. The summed E-state index contributed by atoms with van der Waals surface area (Å²) < 4.78 is 4.80. The molecule has 0 saturated carbocycles. The van der Waals surface area contributed by atoms with Gasteiger partial charge in [0.1, 0.15) is 5.52 Å². The fraction of sp³-hybridized carbons (Fsp3) is 0.516. The topological polar surface area (TPSA) is 33.4 Å². The van der Waals surface area contributed by atoms with E-state index < -0.39 is 0 Å². The number of aryl methyl sites for hydroxylation is 2. The van der Waals surface area contributed by atoms with E-state index in [1.165, 1.54) is 75.6 Å². The number of piperidine rings is 2. The van der Waals surface area contributed by atoms with Gasteiger partial charge in [0, 0.05) is 23.9 Å². The molecule has 5 nitrogen and oxygen atoms in total. The molecule has 0 unspecified atom stereocenters. The first-order chi connectivity index (χ1) is 17.8. The van der Waals surface area contributed by atoms with Crippen molar-refractivity contribution in [3.63, 3.8) is 0 Å². The van der Waals surface area contributed by atoms with Crippen molar-refractivity contribution in [3.05, 3.63) is 58.8 Å². The number of likely N-dealkylation sites (tertiary alicyclic amines) is 2. The van der Waals surface area contributed by atoms with E-state index in [2.05, 4.69) is 55.3 Å². The molecule has 2 fully saturated rings. The van der Waals surface area contributed by atoms with E-state index in [0.717, 1.165) is 61.0 Å². The normalized spacial score (nSPS) is 18.0. The van der Waals surface area contributed by atoms with Crippen molar-refractivity contribution in [2.24, 2.45) is 0 Å². The molecule has 0 amide bonds. The van der Waals surface area contributed by atoms with Crippen LogP contribution < -0.4 is 5.43 Å². The molecule has 2 aliphatic rings. The van der Waals surface area contributed by atoms with Crippen LogP contribution in [0.5, 0.6) is 0 Å². The Balaban J connectivity index is 1.40. The van der Waals surface area contributed by atoms with Crippen molar-refractivity contribution < 1.29 is 0 Å². The van der Waals surface area contributed by atoms with Gasteiger partial charge in [-0.05, 0) is 96.0 Å². The van der Waals surface area contributed by atoms with Gasteiger partial charge in [-0.25, -0.2) is 0 Å². The van der Waals surface area contributed by atoms with Gasteiger partial charge in [-0.3, -0.25) is 4.79 Å². The van der Waals surface area contributed by atoms with Crippen molar-refractivity contribution >= 4 is 32.8 Å². The number of aromatic nitrogens is 2. The Labute approximate surface area is 214 Å². The average molecular weight is 485 g/mol. The molecule has 2 aromatic heterocycles. The standard InChI is InChI=1S/C31H40N4O/c36-31-26-14-4-6-16-28(26)34(23-11-21-32-17-7-1-8-18-32)29-25-13-3-5-15-27(25)35(30(29)31)24-12-22-33-19-9-2-10-20-33/h3-6,13-16H,1-2,7-12,17-24H2. The molecule has 4 heterocycles. The molecular weight excluding hydrogens is 444 g/mol. The second-order valence-electron chi connectivity index (χ2n) is 10.9. The minimum Gasteiger partial charge on any atom is -0.338 e. The maximum atomic E-state index is 14.0. The van der Waals surface area contributed by atoms with Crippen LogP contribution in [0.3, 0.4) is 0 Å². The summed E-state index contributed by atoms with van der Waals surface area (Å²) in [7, 11) is 0. The number of hydrogen-bond donors (Lipinski definition) is 0. The second kappa shape index (κ2) is 10.8. The Bertz CT molecular complexity index is 1390. The molecule has 0 bridgehead atoms. The van der Waals surface area contributed by atoms with Crippen LogP contribution in [0.2, 0.25) is 0 Å². The molecule has 0 N–H and O–H groups in total. The highest BCUT2D eigenvalue weighted by atomic mass is 16.1. The number of benzene rings is 2. The zero-order chi connectivity index (χ0) is 24.3. The summed E-state index contributed by atoms with van der Waals surface area (Å²) in [6.45, 7) is 9.00. The van der Waals surface area contributed by atoms with Crippen LogP contribution in [0.25, 0.3) is 32.8 Å². The lowest BCUT2D eigenvalue weighted by molar-refractivity contribution is 0.223. The SMILES string of the molecule is O=c1c2ccccc2n(CCCN2CCCCC2)c2c3ccccc3n(CCCN3CCCCC3)c12. The van der Waals surface area contributed by atoms with E-state index in [1.807, 2.05) is 12.1 Å². The predicted molar refractivity (Wildman–Crippen MR) is 151 cm³/mol. The van der Waals surface area contributed by atoms with Crippen LogP contribution in [0.1, 0.15) is 51.4 Å². The van der Waals surface area contributed by atoms with E-state index >= 15 is 0 Å². The van der Waals surface area contributed by atoms with Gasteiger partial charge in [-0.2, -0.15) is 0 Å². The number of pyridine rings is 1. The van der Waals surface area contributed by atoms with Gasteiger partial charge >= 0.3 is 0 Å². The fourth-order valence-electron chi connectivity index (χ4n) is 6.67. The molecular formula is C31H40N4O. The van der Waals surface area contributed by atoms with E-state index in [1.54, 1.807) is 0 Å². The Hall–Kier alpha value is -2.63. The van der Waals surface area contributed by atoms with Crippen molar-refractivity contribution in [2.75, 3.05) is 39.3 Å². The quantitative estimate of drug-likeness (QED) is 0.314. The Morgan fingerprint density at radius 3 is 1.58 bits per heavy atom. The maximum absolute atomic E-state index is 14.0. The van der Waals surface area contributed by atoms with Gasteiger partial charge in [0.05, 0.1) is 16.6 Å². The van der Waals surface area contributed by atoms with Gasteiger partial charge in [0.2, 0.25) is 5.43 Å². The average Bonchev–Trinajstić information content (AvgIpc) is 3.26. The molecule has 2 aliphatic heterocycles. The Morgan fingerprint density at radius 2 is 1.00 bits per heavy atom. The molecule has 0 atom stereocenters. The van der Waals surface area contributed by atoms with E-state index in [0.29, 0.717) is 0 Å². The second-order valence-corrected chi connectivity index (χ2v) is 10.9. The molecule has 190 valence electrons. The number of hydrogen-bond acceptors (Lipinski definition) is 3. The summed E-state index contributed by atoms with van der Waals surface area (Å²) in [4.78, 5) is 19.2. The largest absolute Gasteiger partial charge is 0.338 e. The molecule has 0 spiro atoms. The third-order valence-electron chi connectivity index (χ3n) is 8.48. The summed E-state index contributed by atoms with van der Waals surface area (Å²) in [5.41, 5.74) is 4.48. The van der Waals surface area contributed by atoms with Crippen molar-refractivity contribution in [1.29, 1.82) is 0 Å². The highest BCUT2D eigenvalue weighted by molar-refractivity contribution is 6.09. The molecule has 5 heteroatoms. The summed E-state index contributed by atoms with van der Waals surface area (Å²) in [5, 5.41) is 2.06. The first-order valence-corrected chi connectivity index (χ1v) is 14.3. The Morgan fingerprint density at radius 1 is 0.528 bits per heavy atom. The molecule has 2 aromatic carbocycles. The minimum absolute atomic E-state index is 0.182. The van der Waals surface area contributed by atoms with Crippen LogP contribution in [-0.2, 0) is 13.1 Å². The number of fused-ring (bicyclic) bond motifs is 4. The molecule has 2 saturated heterocycles.